The molecule has 0 fully saturated rings. The van der Waals surface area contributed by atoms with Crippen LogP contribution in [0.15, 0.2) is 0 Å². The molecule has 0 saturated heterocycles. The van der Waals surface area contributed by atoms with Gasteiger partial charge in [-0.15, -0.1) is 0 Å². The van der Waals surface area contributed by atoms with Crippen LogP contribution in [0.3, 0.4) is 0 Å². The lowest BCUT2D eigenvalue weighted by molar-refractivity contribution is -0.195. The van der Waals surface area contributed by atoms with E-state index in [0.717, 1.165) is 0 Å². The van der Waals surface area contributed by atoms with Crippen molar-refractivity contribution in [1.82, 2.24) is 0 Å². The van der Waals surface area contributed by atoms with Crippen molar-refractivity contribution in [3.63, 3.8) is 0 Å². The summed E-state index contributed by atoms with van der Waals surface area (Å²) in [6, 6.07) is 0. The quantitative estimate of drug-likeness (QED) is 0.464. The van der Waals surface area contributed by atoms with Gasteiger partial charge in [-0.3, -0.25) is 0 Å². The van der Waals surface area contributed by atoms with Gasteiger partial charge in [0.2, 0.25) is 0 Å². The number of hydrogen-bond acceptors (Lipinski definition) is 2. The predicted molar refractivity (Wildman–Crippen MR) is 15.8 cm³/mol. The molecule has 0 heterocycles. The molecule has 0 spiro atoms. The first-order chi connectivity index (χ1) is 2.56. The molecule has 0 aliphatic rings. The lowest BCUT2D eigenvalue weighted by Crippen LogP contribution is -1.98. The maximum Gasteiger partial charge on any atom is 0.163 e. The Bertz CT molecular complexity index is 74.9. The van der Waals surface area contributed by atoms with Crippen molar-refractivity contribution in [3.8, 4) is 0 Å². The molecule has 0 aromatic carbocycles. The van der Waals surface area contributed by atoms with Crippen molar-refractivity contribution in [3.05, 3.63) is 0 Å². The van der Waals surface area contributed by atoms with Crippen LogP contribution in [-0.2, 0) is 4.57 Å². The highest BCUT2D eigenvalue weighted by Gasteiger charge is 1.94. The largest absolute Gasteiger partial charge is 0.777 e. The third-order valence-corrected chi connectivity index (χ3v) is 0.453. The zero-order valence-corrected chi connectivity index (χ0v) is 3.69. The summed E-state index contributed by atoms with van der Waals surface area (Å²) in [5.41, 5.74) is 0. The summed E-state index contributed by atoms with van der Waals surface area (Å²) < 4.78 is 19.9. The molecule has 0 aromatic rings. The topological polar surface area (TPSA) is 60.4 Å². The highest BCUT2D eigenvalue weighted by molar-refractivity contribution is 7.50. The summed E-state index contributed by atoms with van der Waals surface area (Å²) in [4.78, 5) is 16.7. The van der Waals surface area contributed by atoms with Crippen molar-refractivity contribution in [2.24, 2.45) is 0 Å². The number of alkyl halides is 1. The van der Waals surface area contributed by atoms with Gasteiger partial charge in [-0.25, -0.2) is 4.39 Å². The fourth-order valence-electron chi connectivity index (χ4n) is 0. The minimum atomic E-state index is -4.56. The molecule has 3 nitrogen and oxygen atoms in total. The van der Waals surface area contributed by atoms with Crippen molar-refractivity contribution in [2.45, 2.75) is 0 Å². The Kier molecular flexibility index (Phi) is 1.71. The predicted octanol–water partition coefficient (Wildman–Crippen LogP) is -0.541. The summed E-state index contributed by atoms with van der Waals surface area (Å²) in [7, 11) is -4.56. The lowest BCUT2D eigenvalue weighted by Gasteiger charge is -2.07. The van der Waals surface area contributed by atoms with Gasteiger partial charge in [-0.2, -0.15) is 0 Å². The van der Waals surface area contributed by atoms with Gasteiger partial charge in [0.15, 0.2) is 14.0 Å². The van der Waals surface area contributed by atoms with Gasteiger partial charge in [0, 0.05) is 0 Å². The van der Waals surface area contributed by atoms with E-state index >= 15 is 0 Å². The molecule has 0 amide bonds. The van der Waals surface area contributed by atoms with E-state index in [1.54, 1.807) is 0 Å². The molecular formula is CH3FO3P-. The van der Waals surface area contributed by atoms with E-state index < -0.39 is 14.0 Å². The van der Waals surface area contributed by atoms with Gasteiger partial charge in [0.1, 0.15) is 0 Å². The first kappa shape index (κ1) is 6.08. The monoisotopic (exact) mass is 113 g/mol. The van der Waals surface area contributed by atoms with E-state index in [0.29, 0.717) is 0 Å². The van der Waals surface area contributed by atoms with Crippen molar-refractivity contribution in [2.75, 3.05) is 6.42 Å². The van der Waals surface area contributed by atoms with Crippen molar-refractivity contribution < 1.29 is 18.7 Å². The molecule has 0 aliphatic carbocycles. The Hall–Kier alpha value is 0.0800. The molecule has 1 unspecified atom stereocenters. The molecule has 0 aromatic heterocycles. The molecule has 1 atom stereocenters. The Labute approximate surface area is 34.0 Å². The average molecular weight is 113 g/mol. The first-order valence-electron chi connectivity index (χ1n) is 1.15. The number of halogens is 1. The second kappa shape index (κ2) is 1.69. The van der Waals surface area contributed by atoms with Gasteiger partial charge in [0.05, 0.1) is 0 Å². The van der Waals surface area contributed by atoms with Gasteiger partial charge in [-0.05, 0) is 0 Å². The molecule has 0 saturated carbocycles. The SMILES string of the molecule is O=P([O-])(O)CF. The van der Waals surface area contributed by atoms with Crippen LogP contribution in [0.2, 0.25) is 0 Å². The number of hydrogen-bond donors (Lipinski definition) is 1. The Morgan fingerprint density at radius 2 is 2.17 bits per heavy atom. The van der Waals surface area contributed by atoms with Crippen molar-refractivity contribution >= 4 is 7.60 Å². The summed E-state index contributed by atoms with van der Waals surface area (Å²) in [5.74, 6) is 0. The van der Waals surface area contributed by atoms with Crippen LogP contribution in [0.1, 0.15) is 0 Å². The van der Waals surface area contributed by atoms with Crippen LogP contribution in [0.5, 0.6) is 0 Å². The van der Waals surface area contributed by atoms with E-state index in [4.69, 9.17) is 4.89 Å². The van der Waals surface area contributed by atoms with E-state index in [2.05, 4.69) is 0 Å². The zero-order valence-electron chi connectivity index (χ0n) is 2.80. The lowest BCUT2D eigenvalue weighted by atomic mass is 11.8. The van der Waals surface area contributed by atoms with Gasteiger partial charge in [-0.1, -0.05) is 0 Å². The van der Waals surface area contributed by atoms with Crippen LogP contribution >= 0.6 is 7.60 Å². The molecule has 38 valence electrons. The summed E-state index contributed by atoms with van der Waals surface area (Å²) in [5, 5.41) is 0. The normalized spacial score (nSPS) is 19.8. The van der Waals surface area contributed by atoms with Gasteiger partial charge in [0.25, 0.3) is 0 Å². The Morgan fingerprint density at radius 3 is 2.17 bits per heavy atom. The summed E-state index contributed by atoms with van der Waals surface area (Å²) >= 11 is 0. The fraction of sp³-hybridized carbons (Fsp3) is 1.00. The maximum atomic E-state index is 10.7. The van der Waals surface area contributed by atoms with Crippen LogP contribution in [0.25, 0.3) is 0 Å². The fourth-order valence-corrected chi connectivity index (χ4v) is 0. The molecule has 0 radical (unpaired) electrons. The highest BCUT2D eigenvalue weighted by atomic mass is 31.2. The zero-order chi connectivity index (χ0) is 5.21. The number of rotatable bonds is 1. The first-order valence-corrected chi connectivity index (χ1v) is 2.91. The molecule has 0 bridgehead atoms. The third-order valence-electron chi connectivity index (χ3n) is 0.151. The molecule has 0 aliphatic heterocycles. The van der Waals surface area contributed by atoms with Crippen molar-refractivity contribution in [1.29, 1.82) is 0 Å². The minimum absolute atomic E-state index is 1.67. The molecule has 6 heavy (non-hydrogen) atoms. The summed E-state index contributed by atoms with van der Waals surface area (Å²) in [6.45, 7) is 0. The van der Waals surface area contributed by atoms with E-state index in [9.17, 15) is 13.8 Å². The van der Waals surface area contributed by atoms with E-state index in [-0.39, 0.29) is 0 Å². The Balaban J connectivity index is 3.48. The minimum Gasteiger partial charge on any atom is -0.777 e. The summed E-state index contributed by atoms with van der Waals surface area (Å²) in [6.07, 6.45) is -1.67. The standard InChI is InChI=1S/CH4FO3P/c2-1-6(3,4)5/h1H2,(H2,3,4,5)/p-1. The molecular weight excluding hydrogens is 110 g/mol. The van der Waals surface area contributed by atoms with Gasteiger partial charge < -0.3 is 14.4 Å². The molecule has 1 N–H and O–H groups in total. The van der Waals surface area contributed by atoms with Gasteiger partial charge >= 0.3 is 0 Å². The average Bonchev–Trinajstić information content (AvgIpc) is 1.35. The van der Waals surface area contributed by atoms with Crippen LogP contribution in [-0.4, -0.2) is 11.3 Å². The maximum absolute atomic E-state index is 10.7. The molecule has 0 rings (SSSR count). The smallest absolute Gasteiger partial charge is 0.163 e. The third kappa shape index (κ3) is 4.08. The van der Waals surface area contributed by atoms with Crippen LogP contribution in [0, 0.1) is 0 Å². The van der Waals surface area contributed by atoms with E-state index in [1.165, 1.54) is 0 Å². The second-order valence-electron chi connectivity index (χ2n) is 0.757. The highest BCUT2D eigenvalue weighted by Crippen LogP contribution is 2.27. The van der Waals surface area contributed by atoms with Crippen LogP contribution < -0.4 is 4.89 Å². The van der Waals surface area contributed by atoms with E-state index in [1.807, 2.05) is 0 Å². The Morgan fingerprint density at radius 1 is 2.00 bits per heavy atom. The van der Waals surface area contributed by atoms with Crippen LogP contribution in [0.4, 0.5) is 4.39 Å². The second-order valence-corrected chi connectivity index (χ2v) is 2.27. The molecule has 5 heteroatoms.